The number of hydrogen-bond donors (Lipinski definition) is 2. The first-order valence-electron chi connectivity index (χ1n) is 7.92. The van der Waals surface area contributed by atoms with Crippen LogP contribution in [0.3, 0.4) is 0 Å². The molecule has 20 heavy (non-hydrogen) atoms. The molecule has 0 aromatic heterocycles. The average Bonchev–Trinajstić information content (AvgIpc) is 2.41. The lowest BCUT2D eigenvalue weighted by atomic mass is 9.94. The average molecular weight is 303 g/mol. The summed E-state index contributed by atoms with van der Waals surface area (Å²) in [4.78, 5) is 2.35. The quantitative estimate of drug-likeness (QED) is 0.756. The van der Waals surface area contributed by atoms with Gasteiger partial charge in [0.15, 0.2) is 0 Å². The van der Waals surface area contributed by atoms with Gasteiger partial charge in [-0.1, -0.05) is 0 Å². The highest BCUT2D eigenvalue weighted by atomic mass is 32.2. The number of sulfonamides is 1. The van der Waals surface area contributed by atoms with E-state index < -0.39 is 10.0 Å². The van der Waals surface area contributed by atoms with Gasteiger partial charge in [0, 0.05) is 6.54 Å². The van der Waals surface area contributed by atoms with Gasteiger partial charge >= 0.3 is 0 Å². The number of nitrogens with one attached hydrogen (secondary N) is 2. The van der Waals surface area contributed by atoms with E-state index in [1.54, 1.807) is 0 Å². The Morgan fingerprint density at radius 1 is 1.10 bits per heavy atom. The highest BCUT2D eigenvalue weighted by molar-refractivity contribution is 7.89. The molecule has 5 nitrogen and oxygen atoms in total. The van der Waals surface area contributed by atoms with Crippen molar-refractivity contribution in [2.24, 2.45) is 11.8 Å². The monoisotopic (exact) mass is 303 g/mol. The fourth-order valence-corrected chi connectivity index (χ4v) is 4.69. The second-order valence-electron chi connectivity index (χ2n) is 6.40. The molecule has 0 aliphatic carbocycles. The Balaban J connectivity index is 1.64. The van der Waals surface area contributed by atoms with Crippen LogP contribution in [0.5, 0.6) is 0 Å². The van der Waals surface area contributed by atoms with Crippen LogP contribution in [-0.2, 0) is 10.0 Å². The van der Waals surface area contributed by atoms with Gasteiger partial charge in [-0.25, -0.2) is 13.1 Å². The zero-order valence-electron chi connectivity index (χ0n) is 12.6. The highest BCUT2D eigenvalue weighted by Crippen LogP contribution is 2.19. The SMILES string of the molecule is CN1CCC(CCNS(=O)(=O)CC2CCNCC2)CC1. The normalized spacial score (nSPS) is 24.1. The third kappa shape index (κ3) is 5.68. The third-order valence-corrected chi connectivity index (χ3v) is 6.18. The minimum Gasteiger partial charge on any atom is -0.317 e. The van der Waals surface area contributed by atoms with Gasteiger partial charge < -0.3 is 10.2 Å². The Morgan fingerprint density at radius 3 is 2.40 bits per heavy atom. The van der Waals surface area contributed by atoms with Crippen LogP contribution in [0.25, 0.3) is 0 Å². The molecule has 0 spiro atoms. The van der Waals surface area contributed by atoms with E-state index in [1.807, 2.05) is 0 Å². The van der Waals surface area contributed by atoms with Gasteiger partial charge in [-0.2, -0.15) is 0 Å². The summed E-state index contributed by atoms with van der Waals surface area (Å²) in [7, 11) is -0.930. The second kappa shape index (κ2) is 7.73. The van der Waals surface area contributed by atoms with Crippen LogP contribution >= 0.6 is 0 Å². The zero-order valence-corrected chi connectivity index (χ0v) is 13.4. The molecule has 0 saturated carbocycles. The van der Waals surface area contributed by atoms with Crippen LogP contribution in [0, 0.1) is 11.8 Å². The largest absolute Gasteiger partial charge is 0.317 e. The first kappa shape index (κ1) is 16.2. The minimum absolute atomic E-state index is 0.308. The molecule has 2 N–H and O–H groups in total. The van der Waals surface area contributed by atoms with Crippen LogP contribution in [0.15, 0.2) is 0 Å². The maximum atomic E-state index is 12.1. The maximum absolute atomic E-state index is 12.1. The van der Waals surface area contributed by atoms with E-state index in [4.69, 9.17) is 0 Å². The van der Waals surface area contributed by atoms with E-state index in [9.17, 15) is 8.42 Å². The van der Waals surface area contributed by atoms with Crippen molar-refractivity contribution in [2.45, 2.75) is 32.1 Å². The van der Waals surface area contributed by atoms with Crippen molar-refractivity contribution < 1.29 is 8.42 Å². The first-order valence-corrected chi connectivity index (χ1v) is 9.57. The van der Waals surface area contributed by atoms with Gasteiger partial charge in [-0.3, -0.25) is 0 Å². The molecule has 2 heterocycles. The molecule has 118 valence electrons. The molecule has 0 amide bonds. The maximum Gasteiger partial charge on any atom is 0.211 e. The molecule has 2 rings (SSSR count). The molecule has 0 radical (unpaired) electrons. The van der Waals surface area contributed by atoms with Crippen molar-refractivity contribution in [3.8, 4) is 0 Å². The molecule has 2 aliphatic rings. The Morgan fingerprint density at radius 2 is 1.75 bits per heavy atom. The van der Waals surface area contributed by atoms with E-state index in [1.165, 1.54) is 12.8 Å². The molecule has 6 heteroatoms. The first-order chi connectivity index (χ1) is 9.55. The van der Waals surface area contributed by atoms with Gasteiger partial charge in [0.05, 0.1) is 5.75 Å². The number of likely N-dealkylation sites (tertiary alicyclic amines) is 1. The molecule has 2 aliphatic heterocycles. The van der Waals surface area contributed by atoms with Crippen LogP contribution in [0.2, 0.25) is 0 Å². The van der Waals surface area contributed by atoms with Crippen LogP contribution < -0.4 is 10.0 Å². The molecule has 0 atom stereocenters. The van der Waals surface area contributed by atoms with E-state index in [2.05, 4.69) is 22.0 Å². The summed E-state index contributed by atoms with van der Waals surface area (Å²) in [6.45, 7) is 4.81. The summed E-state index contributed by atoms with van der Waals surface area (Å²) in [6, 6.07) is 0. The minimum atomic E-state index is -3.08. The van der Waals surface area contributed by atoms with Crippen LogP contribution in [0.1, 0.15) is 32.1 Å². The molecular formula is C14H29N3O2S. The third-order valence-electron chi connectivity index (χ3n) is 4.63. The summed E-state index contributed by atoms with van der Waals surface area (Å²) in [5.74, 6) is 1.33. The lowest BCUT2D eigenvalue weighted by molar-refractivity contribution is 0.213. The molecule has 0 aromatic carbocycles. The smallest absolute Gasteiger partial charge is 0.211 e. The Kier molecular flexibility index (Phi) is 6.26. The van der Waals surface area contributed by atoms with E-state index in [-0.39, 0.29) is 0 Å². The fraction of sp³-hybridized carbons (Fsp3) is 1.00. The van der Waals surface area contributed by atoms with Gasteiger partial charge in [0.1, 0.15) is 0 Å². The standard InChI is InChI=1S/C14H29N3O2S/c1-17-10-5-13(6-11-17)4-9-16-20(18,19)12-14-2-7-15-8-3-14/h13-16H,2-12H2,1H3. The predicted molar refractivity (Wildman–Crippen MR) is 82.2 cm³/mol. The van der Waals surface area contributed by atoms with Crippen molar-refractivity contribution >= 4 is 10.0 Å². The zero-order chi connectivity index (χ0) is 14.4. The van der Waals surface area contributed by atoms with Crippen molar-refractivity contribution in [2.75, 3.05) is 45.5 Å². The Bertz CT molecular complexity index is 372. The molecule has 2 fully saturated rings. The fourth-order valence-electron chi connectivity index (χ4n) is 3.19. The topological polar surface area (TPSA) is 61.4 Å². The lowest BCUT2D eigenvalue weighted by Crippen LogP contribution is -2.37. The molecule has 2 saturated heterocycles. The Labute approximate surface area is 123 Å². The van der Waals surface area contributed by atoms with E-state index in [0.29, 0.717) is 24.1 Å². The highest BCUT2D eigenvalue weighted by Gasteiger charge is 2.22. The summed E-state index contributed by atoms with van der Waals surface area (Å²) >= 11 is 0. The predicted octanol–water partition coefficient (Wildman–Crippen LogP) is 0.637. The lowest BCUT2D eigenvalue weighted by Gasteiger charge is -2.29. The van der Waals surface area contributed by atoms with Crippen molar-refractivity contribution in [1.29, 1.82) is 0 Å². The van der Waals surface area contributed by atoms with E-state index in [0.717, 1.165) is 45.4 Å². The number of hydrogen-bond acceptors (Lipinski definition) is 4. The molecule has 0 unspecified atom stereocenters. The molecule has 0 aromatic rings. The van der Waals surface area contributed by atoms with Gasteiger partial charge in [-0.05, 0) is 77.2 Å². The van der Waals surface area contributed by atoms with E-state index >= 15 is 0 Å². The van der Waals surface area contributed by atoms with Gasteiger partial charge in [0.2, 0.25) is 10.0 Å². The molecule has 0 bridgehead atoms. The summed E-state index contributed by atoms with van der Waals surface area (Å²) < 4.78 is 26.9. The summed E-state index contributed by atoms with van der Waals surface area (Å²) in [5, 5.41) is 3.27. The van der Waals surface area contributed by atoms with Crippen molar-refractivity contribution in [3.05, 3.63) is 0 Å². The number of piperidine rings is 2. The van der Waals surface area contributed by atoms with Crippen molar-refractivity contribution in [1.82, 2.24) is 14.9 Å². The van der Waals surface area contributed by atoms with Crippen molar-refractivity contribution in [3.63, 3.8) is 0 Å². The number of nitrogens with zero attached hydrogens (tertiary/aromatic N) is 1. The Hall–Kier alpha value is -0.170. The summed E-state index contributed by atoms with van der Waals surface area (Å²) in [5.41, 5.74) is 0. The second-order valence-corrected chi connectivity index (χ2v) is 8.26. The molecular weight excluding hydrogens is 274 g/mol. The van der Waals surface area contributed by atoms with Gasteiger partial charge in [0.25, 0.3) is 0 Å². The number of rotatable bonds is 6. The van der Waals surface area contributed by atoms with Crippen LogP contribution in [-0.4, -0.2) is 58.8 Å². The van der Waals surface area contributed by atoms with Crippen LogP contribution in [0.4, 0.5) is 0 Å². The van der Waals surface area contributed by atoms with Gasteiger partial charge in [-0.15, -0.1) is 0 Å². The summed E-state index contributed by atoms with van der Waals surface area (Å²) in [6.07, 6.45) is 5.35.